The molecule has 3 heteroatoms. The molecule has 1 saturated carbocycles. The summed E-state index contributed by atoms with van der Waals surface area (Å²) in [5, 5.41) is 2.81. The molecule has 0 aromatic carbocycles. The van der Waals surface area contributed by atoms with E-state index in [4.69, 9.17) is 12.2 Å². The van der Waals surface area contributed by atoms with Gasteiger partial charge in [-0.2, -0.15) is 0 Å². The molecule has 2 unspecified atom stereocenters. The van der Waals surface area contributed by atoms with Gasteiger partial charge in [0.05, 0.1) is 0 Å². The highest BCUT2D eigenvalue weighted by molar-refractivity contribution is 5.78. The van der Waals surface area contributed by atoms with E-state index in [1.165, 1.54) is 0 Å². The third kappa shape index (κ3) is 3.08. The van der Waals surface area contributed by atoms with E-state index in [0.717, 1.165) is 19.3 Å². The Kier molecular flexibility index (Phi) is 3.78. The molecule has 1 aliphatic carbocycles. The minimum Gasteiger partial charge on any atom is -0.355 e. The third-order valence-corrected chi connectivity index (χ3v) is 2.41. The lowest BCUT2D eigenvalue weighted by Gasteiger charge is -2.09. The van der Waals surface area contributed by atoms with E-state index in [0.29, 0.717) is 13.0 Å². The smallest absolute Gasteiger partial charge is 0.223 e. The SMILES string of the molecule is C#CCCNC(=O)C1CCC(N)C1. The molecule has 13 heavy (non-hydrogen) atoms. The van der Waals surface area contributed by atoms with Gasteiger partial charge in [-0.3, -0.25) is 4.79 Å². The summed E-state index contributed by atoms with van der Waals surface area (Å²) in [6, 6.07) is 0.211. The summed E-state index contributed by atoms with van der Waals surface area (Å²) >= 11 is 0. The van der Waals surface area contributed by atoms with Crippen LogP contribution in [-0.4, -0.2) is 18.5 Å². The maximum absolute atomic E-state index is 11.4. The predicted molar refractivity (Wildman–Crippen MR) is 51.8 cm³/mol. The number of amides is 1. The van der Waals surface area contributed by atoms with Crippen molar-refractivity contribution in [2.24, 2.45) is 11.7 Å². The van der Waals surface area contributed by atoms with Crippen molar-refractivity contribution in [3.05, 3.63) is 0 Å². The van der Waals surface area contributed by atoms with Crippen molar-refractivity contribution in [1.82, 2.24) is 5.32 Å². The summed E-state index contributed by atoms with van der Waals surface area (Å²) in [6.07, 6.45) is 8.38. The highest BCUT2D eigenvalue weighted by Gasteiger charge is 2.27. The van der Waals surface area contributed by atoms with Crippen LogP contribution in [-0.2, 0) is 4.79 Å². The van der Waals surface area contributed by atoms with Gasteiger partial charge in [0.15, 0.2) is 0 Å². The molecule has 0 aromatic rings. The lowest BCUT2D eigenvalue weighted by Crippen LogP contribution is -2.30. The van der Waals surface area contributed by atoms with Crippen molar-refractivity contribution in [3.8, 4) is 12.3 Å². The van der Waals surface area contributed by atoms with E-state index in [1.54, 1.807) is 0 Å². The van der Waals surface area contributed by atoms with Gasteiger partial charge in [0, 0.05) is 24.9 Å². The van der Waals surface area contributed by atoms with Crippen LogP contribution in [0.15, 0.2) is 0 Å². The van der Waals surface area contributed by atoms with Crippen LogP contribution in [0, 0.1) is 18.3 Å². The van der Waals surface area contributed by atoms with E-state index in [1.807, 2.05) is 0 Å². The van der Waals surface area contributed by atoms with Gasteiger partial charge in [0.25, 0.3) is 0 Å². The van der Waals surface area contributed by atoms with Gasteiger partial charge >= 0.3 is 0 Å². The number of hydrogen-bond donors (Lipinski definition) is 2. The fourth-order valence-corrected chi connectivity index (χ4v) is 1.66. The van der Waals surface area contributed by atoms with Gasteiger partial charge in [-0.25, -0.2) is 0 Å². The summed E-state index contributed by atoms with van der Waals surface area (Å²) in [5.41, 5.74) is 5.71. The summed E-state index contributed by atoms with van der Waals surface area (Å²) < 4.78 is 0. The lowest BCUT2D eigenvalue weighted by atomic mass is 10.1. The van der Waals surface area contributed by atoms with Gasteiger partial charge < -0.3 is 11.1 Å². The molecule has 0 heterocycles. The van der Waals surface area contributed by atoms with E-state index >= 15 is 0 Å². The molecule has 1 fully saturated rings. The first-order chi connectivity index (χ1) is 6.24. The first kappa shape index (κ1) is 10.1. The molecular weight excluding hydrogens is 164 g/mol. The Bertz CT molecular complexity index is 219. The Balaban J connectivity index is 2.21. The van der Waals surface area contributed by atoms with E-state index in [-0.39, 0.29) is 17.9 Å². The minimum atomic E-state index is 0.114. The molecular formula is C10H16N2O. The van der Waals surface area contributed by atoms with E-state index in [2.05, 4.69) is 11.2 Å². The summed E-state index contributed by atoms with van der Waals surface area (Å²) in [7, 11) is 0. The molecule has 1 aliphatic rings. The monoisotopic (exact) mass is 180 g/mol. The number of carbonyl (C=O) groups excluding carboxylic acids is 1. The van der Waals surface area contributed by atoms with Gasteiger partial charge in [-0.1, -0.05) is 0 Å². The van der Waals surface area contributed by atoms with Crippen molar-refractivity contribution in [2.75, 3.05) is 6.54 Å². The third-order valence-electron chi connectivity index (χ3n) is 2.41. The maximum Gasteiger partial charge on any atom is 0.223 e. The number of carbonyl (C=O) groups is 1. The molecule has 1 amide bonds. The minimum absolute atomic E-state index is 0.114. The molecule has 2 atom stereocenters. The number of rotatable bonds is 3. The molecule has 0 aliphatic heterocycles. The Morgan fingerprint density at radius 2 is 2.38 bits per heavy atom. The van der Waals surface area contributed by atoms with Crippen LogP contribution in [0.25, 0.3) is 0 Å². The fraction of sp³-hybridized carbons (Fsp3) is 0.700. The molecule has 0 spiro atoms. The molecule has 0 radical (unpaired) electrons. The first-order valence-corrected chi connectivity index (χ1v) is 4.70. The number of nitrogens with two attached hydrogens (primary N) is 1. The number of nitrogens with one attached hydrogen (secondary N) is 1. The summed E-state index contributed by atoms with van der Waals surface area (Å²) in [4.78, 5) is 11.4. The Labute approximate surface area is 79.1 Å². The first-order valence-electron chi connectivity index (χ1n) is 4.70. The number of hydrogen-bond acceptors (Lipinski definition) is 2. The normalized spacial score (nSPS) is 26.8. The quantitative estimate of drug-likeness (QED) is 0.483. The van der Waals surface area contributed by atoms with Crippen LogP contribution >= 0.6 is 0 Å². The van der Waals surface area contributed by atoms with E-state index in [9.17, 15) is 4.79 Å². The second-order valence-corrected chi connectivity index (χ2v) is 3.52. The Hall–Kier alpha value is -1.01. The second kappa shape index (κ2) is 4.88. The van der Waals surface area contributed by atoms with Crippen molar-refractivity contribution in [2.45, 2.75) is 31.7 Å². The second-order valence-electron chi connectivity index (χ2n) is 3.52. The van der Waals surface area contributed by atoms with Crippen molar-refractivity contribution in [1.29, 1.82) is 0 Å². The van der Waals surface area contributed by atoms with Crippen LogP contribution in [0.4, 0.5) is 0 Å². The Morgan fingerprint density at radius 1 is 1.62 bits per heavy atom. The van der Waals surface area contributed by atoms with Crippen molar-refractivity contribution in [3.63, 3.8) is 0 Å². The van der Waals surface area contributed by atoms with Crippen LogP contribution in [0.1, 0.15) is 25.7 Å². The van der Waals surface area contributed by atoms with Crippen molar-refractivity contribution >= 4 is 5.91 Å². The molecule has 72 valence electrons. The fourth-order valence-electron chi connectivity index (χ4n) is 1.66. The van der Waals surface area contributed by atoms with Gasteiger partial charge in [0.2, 0.25) is 5.91 Å². The zero-order valence-corrected chi connectivity index (χ0v) is 7.75. The zero-order valence-electron chi connectivity index (χ0n) is 7.75. The largest absolute Gasteiger partial charge is 0.355 e. The molecule has 0 bridgehead atoms. The zero-order chi connectivity index (χ0) is 9.68. The predicted octanol–water partition coefficient (Wildman–Crippen LogP) is 0.253. The Morgan fingerprint density at radius 3 is 2.92 bits per heavy atom. The lowest BCUT2D eigenvalue weighted by molar-refractivity contribution is -0.124. The summed E-state index contributed by atoms with van der Waals surface area (Å²) in [6.45, 7) is 0.584. The average molecular weight is 180 g/mol. The molecule has 3 nitrogen and oxygen atoms in total. The standard InChI is InChI=1S/C10H16N2O/c1-2-3-6-12-10(13)8-4-5-9(11)7-8/h1,8-9H,3-7,11H2,(H,12,13). The molecule has 0 aromatic heterocycles. The van der Waals surface area contributed by atoms with Crippen LogP contribution in [0.2, 0.25) is 0 Å². The molecule has 1 rings (SSSR count). The van der Waals surface area contributed by atoms with Gasteiger partial charge in [-0.05, 0) is 19.3 Å². The highest BCUT2D eigenvalue weighted by atomic mass is 16.1. The van der Waals surface area contributed by atoms with Crippen LogP contribution in [0.5, 0.6) is 0 Å². The number of terminal acetylenes is 1. The van der Waals surface area contributed by atoms with Gasteiger partial charge in [-0.15, -0.1) is 12.3 Å². The maximum atomic E-state index is 11.4. The van der Waals surface area contributed by atoms with E-state index < -0.39 is 0 Å². The highest BCUT2D eigenvalue weighted by Crippen LogP contribution is 2.23. The molecule has 0 saturated heterocycles. The topological polar surface area (TPSA) is 55.1 Å². The van der Waals surface area contributed by atoms with Crippen molar-refractivity contribution < 1.29 is 4.79 Å². The molecule has 3 N–H and O–H groups in total. The average Bonchev–Trinajstić information content (AvgIpc) is 2.52. The van der Waals surface area contributed by atoms with Crippen LogP contribution in [0.3, 0.4) is 0 Å². The van der Waals surface area contributed by atoms with Crippen LogP contribution < -0.4 is 11.1 Å². The summed E-state index contributed by atoms with van der Waals surface area (Å²) in [5.74, 6) is 2.72. The van der Waals surface area contributed by atoms with Gasteiger partial charge in [0.1, 0.15) is 0 Å².